The molecule has 0 aromatic heterocycles. The molecule has 0 spiro atoms. The van der Waals surface area contributed by atoms with Crippen molar-refractivity contribution in [3.05, 3.63) is 34.4 Å². The molecule has 1 fully saturated rings. The van der Waals surface area contributed by atoms with Crippen LogP contribution in [0.25, 0.3) is 0 Å². The summed E-state index contributed by atoms with van der Waals surface area (Å²) in [4.78, 5) is 28.7. The van der Waals surface area contributed by atoms with Gasteiger partial charge in [-0.1, -0.05) is 0 Å². The number of carbonyl (C=O) groups is 2. The van der Waals surface area contributed by atoms with Crippen molar-refractivity contribution < 1.29 is 37.9 Å². The molecular formula is C13H16F3N3O6. The zero-order valence-corrected chi connectivity index (χ0v) is 12.7. The van der Waals surface area contributed by atoms with E-state index in [0.717, 1.165) is 19.4 Å². The quantitative estimate of drug-likeness (QED) is 0.349. The maximum atomic E-state index is 10.6. The zero-order chi connectivity index (χ0) is 19.6. The number of hydrogen-bond donors (Lipinski definition) is 4. The molecule has 0 saturated carbocycles. The van der Waals surface area contributed by atoms with Crippen molar-refractivity contribution in [2.45, 2.75) is 25.1 Å². The van der Waals surface area contributed by atoms with Crippen LogP contribution in [0.3, 0.4) is 0 Å². The van der Waals surface area contributed by atoms with Crippen LogP contribution in [0, 0.1) is 10.1 Å². The van der Waals surface area contributed by atoms with Crippen molar-refractivity contribution in [2.24, 2.45) is 0 Å². The second-order valence-corrected chi connectivity index (χ2v) is 4.64. The largest absolute Gasteiger partial charge is 0.490 e. The Labute approximate surface area is 139 Å². The number of nitrogens with one attached hydrogen (secondary N) is 1. The van der Waals surface area contributed by atoms with Crippen LogP contribution in [0.4, 0.5) is 24.5 Å². The summed E-state index contributed by atoms with van der Waals surface area (Å²) < 4.78 is 31.7. The number of nitrogen functional groups attached to an aromatic ring is 1. The van der Waals surface area contributed by atoms with Gasteiger partial charge >= 0.3 is 18.1 Å². The monoisotopic (exact) mass is 367 g/mol. The van der Waals surface area contributed by atoms with Crippen LogP contribution >= 0.6 is 0 Å². The van der Waals surface area contributed by atoms with Gasteiger partial charge in [-0.3, -0.25) is 14.9 Å². The number of halogens is 3. The molecule has 2 rings (SSSR count). The summed E-state index contributed by atoms with van der Waals surface area (Å²) in [7, 11) is 0. The van der Waals surface area contributed by atoms with Crippen LogP contribution in [0.15, 0.2) is 24.3 Å². The van der Waals surface area contributed by atoms with E-state index in [9.17, 15) is 28.1 Å². The first-order valence-electron chi connectivity index (χ1n) is 6.71. The number of hydrogen-bond acceptors (Lipinski definition) is 6. The van der Waals surface area contributed by atoms with Gasteiger partial charge in [-0.25, -0.2) is 4.79 Å². The minimum atomic E-state index is -5.08. The number of carboxylic acids is 2. The molecule has 0 unspecified atom stereocenters. The third-order valence-electron chi connectivity index (χ3n) is 2.70. The van der Waals surface area contributed by atoms with Crippen LogP contribution in [0.1, 0.15) is 12.8 Å². The molecule has 9 nitrogen and oxygen atoms in total. The molecule has 12 heteroatoms. The predicted octanol–water partition coefficient (Wildman–Crippen LogP) is 1.63. The maximum Gasteiger partial charge on any atom is 0.490 e. The number of benzene rings is 1. The fourth-order valence-corrected chi connectivity index (χ4v) is 1.49. The molecule has 0 radical (unpaired) electrons. The summed E-state index contributed by atoms with van der Waals surface area (Å²) in [6.07, 6.45) is -3.30. The SMILES string of the molecule is Nc1ccc([N+](=O)[O-])cc1.O=C(O)C(F)(F)F.O=C(O)[C@@H]1CCCN1. The molecule has 1 aromatic carbocycles. The van der Waals surface area contributed by atoms with Gasteiger partial charge in [0.1, 0.15) is 6.04 Å². The van der Waals surface area contributed by atoms with Crippen molar-refractivity contribution in [1.29, 1.82) is 0 Å². The highest BCUT2D eigenvalue weighted by Crippen LogP contribution is 2.13. The first-order valence-corrected chi connectivity index (χ1v) is 6.71. The van der Waals surface area contributed by atoms with E-state index in [4.69, 9.17) is 20.7 Å². The lowest BCUT2D eigenvalue weighted by Crippen LogP contribution is -2.29. The van der Waals surface area contributed by atoms with E-state index in [1.54, 1.807) is 0 Å². The molecule has 1 aromatic rings. The summed E-state index contributed by atoms with van der Waals surface area (Å²) in [6.45, 7) is 0.858. The lowest BCUT2D eigenvalue weighted by molar-refractivity contribution is -0.384. The van der Waals surface area contributed by atoms with E-state index < -0.39 is 23.0 Å². The summed E-state index contributed by atoms with van der Waals surface area (Å²) in [5, 5.41) is 28.4. The second-order valence-electron chi connectivity index (χ2n) is 4.64. The van der Waals surface area contributed by atoms with Gasteiger partial charge in [0.25, 0.3) is 5.69 Å². The van der Waals surface area contributed by atoms with Gasteiger partial charge in [0.05, 0.1) is 4.92 Å². The number of anilines is 1. The Balaban J connectivity index is 0.000000353. The van der Waals surface area contributed by atoms with Gasteiger partial charge in [0, 0.05) is 17.8 Å². The van der Waals surface area contributed by atoms with Crippen LogP contribution in [-0.2, 0) is 9.59 Å². The van der Waals surface area contributed by atoms with E-state index in [0.29, 0.717) is 5.69 Å². The highest BCUT2D eigenvalue weighted by molar-refractivity contribution is 5.73. The Morgan fingerprint density at radius 3 is 1.96 bits per heavy atom. The molecule has 0 amide bonds. The highest BCUT2D eigenvalue weighted by Gasteiger charge is 2.38. The number of non-ortho nitro benzene ring substituents is 1. The number of nitrogens with two attached hydrogens (primary N) is 1. The summed E-state index contributed by atoms with van der Waals surface area (Å²) in [5.74, 6) is -3.48. The van der Waals surface area contributed by atoms with Crippen molar-refractivity contribution >= 4 is 23.3 Å². The van der Waals surface area contributed by atoms with E-state index in [2.05, 4.69) is 5.32 Å². The molecule has 25 heavy (non-hydrogen) atoms. The number of nitro benzene ring substituents is 1. The number of aliphatic carboxylic acids is 2. The van der Waals surface area contributed by atoms with Crippen molar-refractivity contribution in [3.8, 4) is 0 Å². The number of alkyl halides is 3. The summed E-state index contributed by atoms with van der Waals surface area (Å²) >= 11 is 0. The maximum absolute atomic E-state index is 10.6. The first kappa shape index (κ1) is 22.1. The zero-order valence-electron chi connectivity index (χ0n) is 12.7. The topological polar surface area (TPSA) is 156 Å². The van der Waals surface area contributed by atoms with Crippen LogP contribution in [-0.4, -0.2) is 45.8 Å². The Morgan fingerprint density at radius 2 is 1.72 bits per heavy atom. The van der Waals surface area contributed by atoms with Crippen molar-refractivity contribution in [3.63, 3.8) is 0 Å². The highest BCUT2D eigenvalue weighted by atomic mass is 19.4. The molecule has 1 aliphatic heterocycles. The summed E-state index contributed by atoms with van der Waals surface area (Å²) in [6, 6.07) is 5.47. The summed E-state index contributed by atoms with van der Waals surface area (Å²) in [5.41, 5.74) is 5.90. The van der Waals surface area contributed by atoms with Gasteiger partial charge in [-0.05, 0) is 31.5 Å². The number of nitro groups is 1. The Hall–Kier alpha value is -2.89. The normalized spacial score (nSPS) is 15.9. The number of rotatable bonds is 2. The average Bonchev–Trinajstić information content (AvgIpc) is 3.02. The van der Waals surface area contributed by atoms with Gasteiger partial charge in [0.2, 0.25) is 0 Å². The predicted molar refractivity (Wildman–Crippen MR) is 79.9 cm³/mol. The van der Waals surface area contributed by atoms with Crippen LogP contribution in [0.5, 0.6) is 0 Å². The van der Waals surface area contributed by atoms with Crippen LogP contribution < -0.4 is 11.1 Å². The van der Waals surface area contributed by atoms with Gasteiger partial charge in [-0.15, -0.1) is 0 Å². The van der Waals surface area contributed by atoms with Gasteiger partial charge in [0.15, 0.2) is 0 Å². The Bertz CT molecular complexity index is 586. The minimum Gasteiger partial charge on any atom is -0.480 e. The van der Waals surface area contributed by atoms with E-state index in [1.807, 2.05) is 0 Å². The Kier molecular flexibility index (Phi) is 8.91. The molecule has 1 heterocycles. The molecule has 5 N–H and O–H groups in total. The Morgan fingerprint density at radius 1 is 1.24 bits per heavy atom. The fraction of sp³-hybridized carbons (Fsp3) is 0.385. The average molecular weight is 367 g/mol. The lowest BCUT2D eigenvalue weighted by Gasteiger charge is -1.99. The smallest absolute Gasteiger partial charge is 0.480 e. The van der Waals surface area contributed by atoms with E-state index in [-0.39, 0.29) is 11.7 Å². The molecular weight excluding hydrogens is 351 g/mol. The van der Waals surface area contributed by atoms with Crippen molar-refractivity contribution in [1.82, 2.24) is 5.32 Å². The number of nitrogens with zero attached hydrogens (tertiary/aromatic N) is 1. The fourth-order valence-electron chi connectivity index (χ4n) is 1.49. The number of carboxylic acid groups (broad SMARTS) is 2. The van der Waals surface area contributed by atoms with Crippen molar-refractivity contribution in [2.75, 3.05) is 12.3 Å². The first-order chi connectivity index (χ1) is 11.4. The molecule has 1 aliphatic rings. The lowest BCUT2D eigenvalue weighted by atomic mass is 10.2. The molecule has 0 aliphatic carbocycles. The second kappa shape index (κ2) is 10.1. The third kappa shape index (κ3) is 9.76. The minimum absolute atomic E-state index is 0.0641. The van der Waals surface area contributed by atoms with Gasteiger partial charge in [-0.2, -0.15) is 13.2 Å². The molecule has 1 saturated heterocycles. The van der Waals surface area contributed by atoms with E-state index in [1.165, 1.54) is 24.3 Å². The third-order valence-corrected chi connectivity index (χ3v) is 2.70. The van der Waals surface area contributed by atoms with Gasteiger partial charge < -0.3 is 21.3 Å². The van der Waals surface area contributed by atoms with E-state index >= 15 is 0 Å². The molecule has 0 bridgehead atoms. The molecule has 140 valence electrons. The molecule has 1 atom stereocenters. The van der Waals surface area contributed by atoms with Crippen LogP contribution in [0.2, 0.25) is 0 Å². The standard InChI is InChI=1S/C6H6N2O2.C5H9NO2.C2HF3O2/c7-5-1-3-6(4-2-5)8(9)10;7-5(8)4-2-1-3-6-4;3-2(4,5)1(6)7/h1-4H,7H2;4,6H,1-3H2,(H,7,8);(H,6,7)/t;4-;/m.0./s1.